The lowest BCUT2D eigenvalue weighted by molar-refractivity contribution is -0.884. The molecular weight excluding hydrogens is 316 g/mol. The number of aryl methyl sites for hydroxylation is 2. The van der Waals surface area contributed by atoms with Gasteiger partial charge < -0.3 is 10.2 Å². The lowest BCUT2D eigenvalue weighted by atomic mass is 10.1. The summed E-state index contributed by atoms with van der Waals surface area (Å²) in [6.07, 6.45) is 0.910. The number of hydrogen-bond donors (Lipinski definition) is 2. The number of thiophene rings is 1. The summed E-state index contributed by atoms with van der Waals surface area (Å²) >= 11 is 7.51. The number of carbonyl (C=O) groups is 1. The molecule has 0 spiro atoms. The van der Waals surface area contributed by atoms with E-state index in [9.17, 15) is 4.79 Å². The molecule has 2 rings (SSSR count). The number of para-hydroxylation sites is 1. The highest BCUT2D eigenvalue weighted by molar-refractivity contribution is 7.16. The van der Waals surface area contributed by atoms with Crippen molar-refractivity contribution >= 4 is 34.5 Å². The molecule has 1 aromatic carbocycles. The van der Waals surface area contributed by atoms with E-state index in [4.69, 9.17) is 11.6 Å². The summed E-state index contributed by atoms with van der Waals surface area (Å²) in [6, 6.07) is 10.0. The number of rotatable bonds is 6. The van der Waals surface area contributed by atoms with E-state index in [2.05, 4.69) is 18.3 Å². The van der Waals surface area contributed by atoms with E-state index in [0.717, 1.165) is 33.5 Å². The minimum atomic E-state index is 0.0455. The van der Waals surface area contributed by atoms with Crippen LogP contribution in [0.15, 0.2) is 30.3 Å². The van der Waals surface area contributed by atoms with Gasteiger partial charge in [-0.05, 0) is 36.6 Å². The summed E-state index contributed by atoms with van der Waals surface area (Å²) in [7, 11) is 2.02. The summed E-state index contributed by atoms with van der Waals surface area (Å²) in [5, 5.41) is 3.07. The van der Waals surface area contributed by atoms with Crippen LogP contribution in [0.2, 0.25) is 4.34 Å². The first kappa shape index (κ1) is 17.0. The highest BCUT2D eigenvalue weighted by Gasteiger charge is 2.14. The van der Waals surface area contributed by atoms with Gasteiger partial charge in [0.2, 0.25) is 0 Å². The first-order chi connectivity index (χ1) is 10.5. The molecule has 3 nitrogen and oxygen atoms in total. The molecule has 0 radical (unpaired) electrons. The molecule has 0 fully saturated rings. The maximum Gasteiger partial charge on any atom is 0.279 e. The molecule has 2 aromatic rings. The average Bonchev–Trinajstić information content (AvgIpc) is 2.86. The highest BCUT2D eigenvalue weighted by atomic mass is 35.5. The largest absolute Gasteiger partial charge is 0.325 e. The van der Waals surface area contributed by atoms with Crippen molar-refractivity contribution in [2.45, 2.75) is 26.8 Å². The summed E-state index contributed by atoms with van der Waals surface area (Å²) in [5.41, 5.74) is 3.24. The zero-order valence-corrected chi connectivity index (χ0v) is 14.8. The molecule has 1 heterocycles. The smallest absolute Gasteiger partial charge is 0.279 e. The summed E-state index contributed by atoms with van der Waals surface area (Å²) in [4.78, 5) is 14.6. The topological polar surface area (TPSA) is 33.5 Å². The van der Waals surface area contributed by atoms with Crippen molar-refractivity contribution in [1.29, 1.82) is 0 Å². The van der Waals surface area contributed by atoms with Crippen molar-refractivity contribution in [1.82, 2.24) is 0 Å². The van der Waals surface area contributed by atoms with Crippen LogP contribution in [-0.4, -0.2) is 19.5 Å². The van der Waals surface area contributed by atoms with Crippen molar-refractivity contribution in [2.75, 3.05) is 18.9 Å². The first-order valence-electron chi connectivity index (χ1n) is 7.43. The van der Waals surface area contributed by atoms with Gasteiger partial charge in [-0.3, -0.25) is 4.79 Å². The quantitative estimate of drug-likeness (QED) is 0.835. The van der Waals surface area contributed by atoms with Crippen molar-refractivity contribution in [2.24, 2.45) is 0 Å². The molecule has 0 saturated carbocycles. The predicted octanol–water partition coefficient (Wildman–Crippen LogP) is 2.93. The fraction of sp³-hybridized carbons (Fsp3) is 0.353. The number of anilines is 1. The lowest BCUT2D eigenvalue weighted by Crippen LogP contribution is -3.08. The number of halogens is 1. The third-order valence-electron chi connectivity index (χ3n) is 3.57. The van der Waals surface area contributed by atoms with E-state index in [1.165, 1.54) is 10.4 Å². The molecule has 2 N–H and O–H groups in total. The second-order valence-electron chi connectivity index (χ2n) is 5.53. The van der Waals surface area contributed by atoms with Crippen LogP contribution in [-0.2, 0) is 17.8 Å². The molecule has 0 aliphatic carbocycles. The SMILES string of the molecule is CCc1cccc(C)c1NC(=O)C[NH+](C)Cc1ccc(Cl)s1. The second kappa shape index (κ2) is 7.77. The van der Waals surface area contributed by atoms with Gasteiger partial charge in [-0.25, -0.2) is 0 Å². The molecule has 1 aromatic heterocycles. The third kappa shape index (κ3) is 4.57. The molecule has 1 amide bonds. The Kier molecular flexibility index (Phi) is 6.00. The highest BCUT2D eigenvalue weighted by Crippen LogP contribution is 2.21. The predicted molar refractivity (Wildman–Crippen MR) is 94.0 cm³/mol. The minimum Gasteiger partial charge on any atom is -0.325 e. The van der Waals surface area contributed by atoms with Crippen LogP contribution < -0.4 is 10.2 Å². The van der Waals surface area contributed by atoms with E-state index >= 15 is 0 Å². The van der Waals surface area contributed by atoms with Gasteiger partial charge in [0, 0.05) is 5.69 Å². The van der Waals surface area contributed by atoms with Crippen molar-refractivity contribution in [3.05, 3.63) is 50.7 Å². The fourth-order valence-electron chi connectivity index (χ4n) is 2.47. The van der Waals surface area contributed by atoms with Gasteiger partial charge >= 0.3 is 0 Å². The maximum absolute atomic E-state index is 12.3. The standard InChI is InChI=1S/C17H21ClN2OS/c1-4-13-7-5-6-12(2)17(13)19-16(21)11-20(3)10-14-8-9-15(18)22-14/h5-9H,4,10-11H2,1-3H3,(H,19,21)/p+1. The maximum atomic E-state index is 12.3. The van der Waals surface area contributed by atoms with Crippen LogP contribution in [0.4, 0.5) is 5.69 Å². The van der Waals surface area contributed by atoms with Gasteiger partial charge in [-0.15, -0.1) is 11.3 Å². The molecular formula is C17H22ClN2OS+. The molecule has 1 unspecified atom stereocenters. The summed E-state index contributed by atoms with van der Waals surface area (Å²) < 4.78 is 0.791. The number of benzene rings is 1. The van der Waals surface area contributed by atoms with Gasteiger partial charge in [-0.2, -0.15) is 0 Å². The molecule has 0 bridgehead atoms. The van der Waals surface area contributed by atoms with E-state index in [0.29, 0.717) is 6.54 Å². The monoisotopic (exact) mass is 337 g/mol. The molecule has 118 valence electrons. The van der Waals surface area contributed by atoms with Gasteiger partial charge in [0.1, 0.15) is 6.54 Å². The van der Waals surface area contributed by atoms with Crippen molar-refractivity contribution in [3.8, 4) is 0 Å². The Morgan fingerprint density at radius 3 is 2.73 bits per heavy atom. The van der Waals surface area contributed by atoms with Gasteiger partial charge in [-0.1, -0.05) is 36.7 Å². The van der Waals surface area contributed by atoms with Crippen molar-refractivity contribution in [3.63, 3.8) is 0 Å². The Morgan fingerprint density at radius 2 is 2.09 bits per heavy atom. The van der Waals surface area contributed by atoms with Gasteiger partial charge in [0.15, 0.2) is 6.54 Å². The van der Waals surface area contributed by atoms with Gasteiger partial charge in [0.05, 0.1) is 16.3 Å². The van der Waals surface area contributed by atoms with E-state index in [-0.39, 0.29) is 5.91 Å². The second-order valence-corrected chi connectivity index (χ2v) is 7.33. The Bertz CT molecular complexity index is 654. The Balaban J connectivity index is 1.95. The minimum absolute atomic E-state index is 0.0455. The lowest BCUT2D eigenvalue weighted by Gasteiger charge is -2.16. The van der Waals surface area contributed by atoms with Crippen LogP contribution in [0.1, 0.15) is 22.9 Å². The third-order valence-corrected chi connectivity index (χ3v) is 4.80. The number of carbonyl (C=O) groups excluding carboxylic acids is 1. The Morgan fingerprint density at radius 1 is 1.32 bits per heavy atom. The number of likely N-dealkylation sites (N-methyl/N-ethyl adjacent to an activating group) is 1. The van der Waals surface area contributed by atoms with Crippen LogP contribution >= 0.6 is 22.9 Å². The van der Waals surface area contributed by atoms with E-state index < -0.39 is 0 Å². The van der Waals surface area contributed by atoms with Crippen LogP contribution in [0, 0.1) is 6.92 Å². The molecule has 0 aliphatic heterocycles. The van der Waals surface area contributed by atoms with Gasteiger partial charge in [0.25, 0.3) is 5.91 Å². The van der Waals surface area contributed by atoms with Crippen LogP contribution in [0.3, 0.4) is 0 Å². The molecule has 5 heteroatoms. The van der Waals surface area contributed by atoms with E-state index in [1.807, 2.05) is 38.2 Å². The summed E-state index contributed by atoms with van der Waals surface area (Å²) in [5.74, 6) is 0.0455. The van der Waals surface area contributed by atoms with Crippen LogP contribution in [0.5, 0.6) is 0 Å². The summed E-state index contributed by atoms with van der Waals surface area (Å²) in [6.45, 7) is 5.37. The Labute approximate surface area is 140 Å². The number of nitrogens with one attached hydrogen (secondary N) is 2. The fourth-order valence-corrected chi connectivity index (χ4v) is 3.67. The molecule has 0 aliphatic rings. The van der Waals surface area contributed by atoms with E-state index in [1.54, 1.807) is 11.3 Å². The number of quaternary nitrogens is 1. The molecule has 1 atom stereocenters. The van der Waals surface area contributed by atoms with Crippen LogP contribution in [0.25, 0.3) is 0 Å². The normalized spacial score (nSPS) is 12.2. The molecule has 22 heavy (non-hydrogen) atoms. The number of hydrogen-bond acceptors (Lipinski definition) is 2. The zero-order chi connectivity index (χ0) is 16.1. The van der Waals surface area contributed by atoms with Crippen molar-refractivity contribution < 1.29 is 9.69 Å². The first-order valence-corrected chi connectivity index (χ1v) is 8.63. The zero-order valence-electron chi connectivity index (χ0n) is 13.2. The molecule has 0 saturated heterocycles. The average molecular weight is 338 g/mol. The number of amides is 1. The Hall–Kier alpha value is -1.36.